The molecule has 0 spiro atoms. The number of allylic oxidation sites excluding steroid dienone is 4. The molecule has 102 valence electrons. The highest BCUT2D eigenvalue weighted by Crippen LogP contribution is 2.58. The molecule has 0 aromatic rings. The van der Waals surface area contributed by atoms with Gasteiger partial charge in [0.25, 0.3) is 0 Å². The van der Waals surface area contributed by atoms with Gasteiger partial charge in [-0.15, -0.1) is 0 Å². The second kappa shape index (κ2) is 4.07. The van der Waals surface area contributed by atoms with Crippen LogP contribution in [0.2, 0.25) is 0 Å². The van der Waals surface area contributed by atoms with Crippen molar-refractivity contribution in [1.29, 1.82) is 0 Å². The summed E-state index contributed by atoms with van der Waals surface area (Å²) in [6.45, 7) is 2.47. The fourth-order valence-electron chi connectivity index (χ4n) is 5.59. The number of hydrogen-bond donors (Lipinski definition) is 0. The number of ketones is 1. The minimum absolute atomic E-state index is 0.476. The molecule has 0 aromatic heterocycles. The molecule has 2 fully saturated rings. The van der Waals surface area contributed by atoms with Crippen LogP contribution in [0.3, 0.4) is 0 Å². The van der Waals surface area contributed by atoms with Crippen LogP contribution in [-0.2, 0) is 4.79 Å². The van der Waals surface area contributed by atoms with Crippen molar-refractivity contribution >= 4 is 5.78 Å². The lowest BCUT2D eigenvalue weighted by molar-refractivity contribution is -0.120. The molecule has 4 aliphatic rings. The van der Waals surface area contributed by atoms with Crippen molar-refractivity contribution in [3.05, 3.63) is 23.8 Å². The first-order valence-electron chi connectivity index (χ1n) is 8.06. The van der Waals surface area contributed by atoms with Gasteiger partial charge >= 0.3 is 0 Å². The minimum Gasteiger partial charge on any atom is -0.299 e. The Kier molecular flexibility index (Phi) is 2.56. The van der Waals surface area contributed by atoms with E-state index in [-0.39, 0.29) is 0 Å². The second-order valence-corrected chi connectivity index (χ2v) is 7.49. The van der Waals surface area contributed by atoms with Crippen LogP contribution in [0.1, 0.15) is 51.9 Å². The largest absolute Gasteiger partial charge is 0.299 e. The van der Waals surface area contributed by atoms with Gasteiger partial charge in [0, 0.05) is 12.8 Å². The second-order valence-electron chi connectivity index (χ2n) is 7.49. The molecule has 0 N–H and O–H groups in total. The Labute approximate surface area is 116 Å². The van der Waals surface area contributed by atoms with E-state index in [2.05, 4.69) is 25.2 Å². The molecule has 0 amide bonds. The van der Waals surface area contributed by atoms with Gasteiger partial charge in [-0.2, -0.15) is 0 Å². The number of hydrogen-bond acceptors (Lipinski definition) is 1. The Morgan fingerprint density at radius 2 is 2.11 bits per heavy atom. The number of carbonyl (C=O) groups excluding carboxylic acids is 1. The van der Waals surface area contributed by atoms with Crippen molar-refractivity contribution in [3.8, 4) is 0 Å². The van der Waals surface area contributed by atoms with Gasteiger partial charge in [0.05, 0.1) is 0 Å². The van der Waals surface area contributed by atoms with Gasteiger partial charge in [-0.1, -0.05) is 30.7 Å². The van der Waals surface area contributed by atoms with Crippen molar-refractivity contribution < 1.29 is 4.79 Å². The van der Waals surface area contributed by atoms with Gasteiger partial charge in [0.15, 0.2) is 0 Å². The smallest absolute Gasteiger partial charge is 0.136 e. The maximum Gasteiger partial charge on any atom is 0.136 e. The Balaban J connectivity index is 1.64. The maximum atomic E-state index is 11.7. The topological polar surface area (TPSA) is 17.1 Å². The summed E-state index contributed by atoms with van der Waals surface area (Å²) in [4.78, 5) is 11.7. The average molecular weight is 256 g/mol. The van der Waals surface area contributed by atoms with Crippen molar-refractivity contribution in [3.63, 3.8) is 0 Å². The van der Waals surface area contributed by atoms with Crippen LogP contribution in [0.5, 0.6) is 0 Å². The molecular formula is C18H24O. The van der Waals surface area contributed by atoms with Gasteiger partial charge in [-0.05, 0) is 61.2 Å². The lowest BCUT2D eigenvalue weighted by Gasteiger charge is -2.51. The van der Waals surface area contributed by atoms with Gasteiger partial charge in [0.2, 0.25) is 0 Å². The quantitative estimate of drug-likeness (QED) is 0.591. The third-order valence-electron chi connectivity index (χ3n) is 6.60. The highest BCUT2D eigenvalue weighted by atomic mass is 16.1. The van der Waals surface area contributed by atoms with Crippen molar-refractivity contribution in [2.45, 2.75) is 51.9 Å². The predicted octanol–water partition coefficient (Wildman–Crippen LogP) is 4.29. The minimum atomic E-state index is 0.476. The van der Waals surface area contributed by atoms with Crippen LogP contribution >= 0.6 is 0 Å². The average Bonchev–Trinajstić information content (AvgIpc) is 2.79. The highest BCUT2D eigenvalue weighted by molar-refractivity contribution is 5.82. The predicted molar refractivity (Wildman–Crippen MR) is 76.6 cm³/mol. The molecule has 0 unspecified atom stereocenters. The maximum absolute atomic E-state index is 11.7. The molecule has 0 bridgehead atoms. The Hall–Kier alpha value is -0.850. The Bertz CT molecular complexity index is 472. The Morgan fingerprint density at radius 1 is 1.21 bits per heavy atom. The van der Waals surface area contributed by atoms with Crippen LogP contribution in [0, 0.1) is 29.1 Å². The van der Waals surface area contributed by atoms with Crippen LogP contribution in [-0.4, -0.2) is 5.78 Å². The van der Waals surface area contributed by atoms with Crippen molar-refractivity contribution in [2.75, 3.05) is 0 Å². The number of Topliss-reactive ketones (excluding diaryl/α,β-unsaturated/α-hetero) is 1. The zero-order chi connectivity index (χ0) is 13.0. The summed E-state index contributed by atoms with van der Waals surface area (Å²) in [6, 6.07) is 0. The molecule has 0 aliphatic heterocycles. The van der Waals surface area contributed by atoms with E-state index >= 15 is 0 Å². The first-order chi connectivity index (χ1) is 9.17. The van der Waals surface area contributed by atoms with E-state index in [0.29, 0.717) is 11.2 Å². The molecule has 1 heteroatoms. The summed E-state index contributed by atoms with van der Waals surface area (Å²) in [7, 11) is 0. The van der Waals surface area contributed by atoms with Gasteiger partial charge < -0.3 is 0 Å². The fourth-order valence-corrected chi connectivity index (χ4v) is 5.59. The summed E-state index contributed by atoms with van der Waals surface area (Å²) < 4.78 is 0. The summed E-state index contributed by atoms with van der Waals surface area (Å²) in [5.41, 5.74) is 1.99. The van der Waals surface area contributed by atoms with E-state index in [1.807, 2.05) is 0 Å². The molecule has 5 atom stereocenters. The van der Waals surface area contributed by atoms with Crippen LogP contribution in [0.4, 0.5) is 0 Å². The summed E-state index contributed by atoms with van der Waals surface area (Å²) in [6.07, 6.45) is 15.4. The number of carbonyl (C=O) groups is 1. The van der Waals surface area contributed by atoms with Gasteiger partial charge in [0.1, 0.15) is 5.78 Å². The first kappa shape index (κ1) is 11.9. The van der Waals surface area contributed by atoms with Crippen molar-refractivity contribution in [1.82, 2.24) is 0 Å². The third kappa shape index (κ3) is 1.70. The highest BCUT2D eigenvalue weighted by Gasteiger charge is 2.50. The summed E-state index contributed by atoms with van der Waals surface area (Å²) >= 11 is 0. The zero-order valence-corrected chi connectivity index (χ0v) is 11.9. The van der Waals surface area contributed by atoms with Crippen LogP contribution in [0.25, 0.3) is 0 Å². The zero-order valence-electron chi connectivity index (χ0n) is 11.9. The normalized spacial score (nSPS) is 48.3. The van der Waals surface area contributed by atoms with E-state index in [1.165, 1.54) is 31.3 Å². The van der Waals surface area contributed by atoms with Crippen LogP contribution in [0.15, 0.2) is 23.8 Å². The van der Waals surface area contributed by atoms with Gasteiger partial charge in [-0.25, -0.2) is 0 Å². The molecule has 0 radical (unpaired) electrons. The number of fused-ring (bicyclic) bond motifs is 5. The molecule has 0 heterocycles. The van der Waals surface area contributed by atoms with Gasteiger partial charge in [-0.3, -0.25) is 4.79 Å². The first-order valence-corrected chi connectivity index (χ1v) is 8.06. The van der Waals surface area contributed by atoms with E-state index in [1.54, 1.807) is 0 Å². The molecule has 0 saturated heterocycles. The van der Waals surface area contributed by atoms with Crippen LogP contribution < -0.4 is 0 Å². The lowest BCUT2D eigenvalue weighted by Crippen LogP contribution is -2.44. The summed E-state index contributed by atoms with van der Waals surface area (Å²) in [5, 5.41) is 0. The summed E-state index contributed by atoms with van der Waals surface area (Å²) in [5.74, 6) is 3.87. The fraction of sp³-hybridized carbons (Fsp3) is 0.722. The molecular weight excluding hydrogens is 232 g/mol. The molecule has 19 heavy (non-hydrogen) atoms. The molecule has 4 aliphatic carbocycles. The molecule has 2 saturated carbocycles. The standard InChI is InChI=1S/C18H24O/c1-18-9-2-3-17(18)16-6-4-12-11-13(19)5-7-14(12)15(16)8-10-18/h2,4,9,14-17H,3,5-8,10-11H2,1H3/t14-,15+,16+,17-,18-/m0/s1. The van der Waals surface area contributed by atoms with E-state index in [9.17, 15) is 4.79 Å². The van der Waals surface area contributed by atoms with E-state index in [4.69, 9.17) is 0 Å². The Morgan fingerprint density at radius 3 is 3.00 bits per heavy atom. The van der Waals surface area contributed by atoms with Crippen molar-refractivity contribution in [2.24, 2.45) is 29.1 Å². The molecule has 0 aromatic carbocycles. The van der Waals surface area contributed by atoms with E-state index < -0.39 is 0 Å². The van der Waals surface area contributed by atoms with E-state index in [0.717, 1.165) is 42.9 Å². The SMILES string of the molecule is C[C@@]12C=CC[C@H]1[C@@H]1CC=C3CC(=O)CC[C@@H]3[C@H]1CC2. The number of rotatable bonds is 0. The molecule has 1 nitrogen and oxygen atoms in total. The molecule has 4 rings (SSSR count). The monoisotopic (exact) mass is 256 g/mol. The third-order valence-corrected chi connectivity index (χ3v) is 6.60. The lowest BCUT2D eigenvalue weighted by atomic mass is 9.53.